The van der Waals surface area contributed by atoms with E-state index in [0.29, 0.717) is 22.6 Å². The Morgan fingerprint density at radius 2 is 1.65 bits per heavy atom. The summed E-state index contributed by atoms with van der Waals surface area (Å²) in [6.45, 7) is 5.58. The number of aryl methyl sites for hydroxylation is 2. The number of methoxy groups -OCH3 is 1. The molecule has 0 fully saturated rings. The molecule has 3 aromatic rings. The maximum absolute atomic E-state index is 13.1. The predicted octanol–water partition coefficient (Wildman–Crippen LogP) is 3.21. The van der Waals surface area contributed by atoms with Crippen LogP contribution < -0.4 is 4.74 Å². The molecule has 0 radical (unpaired) electrons. The van der Waals surface area contributed by atoms with E-state index < -0.39 is 10.0 Å². The molecule has 6 heteroatoms. The lowest BCUT2D eigenvalue weighted by Gasteiger charge is -2.10. The van der Waals surface area contributed by atoms with Crippen LogP contribution in [-0.4, -0.2) is 24.5 Å². The Bertz CT molecular complexity index is 987. The highest BCUT2D eigenvalue weighted by Gasteiger charge is 2.24. The fourth-order valence-corrected chi connectivity index (χ4v) is 4.21. The number of rotatable bonds is 3. The van der Waals surface area contributed by atoms with Gasteiger partial charge in [0.1, 0.15) is 0 Å². The lowest BCUT2D eigenvalue weighted by atomic mass is 10.2. The summed E-state index contributed by atoms with van der Waals surface area (Å²) in [5.41, 5.74) is 3.69. The average molecular weight is 330 g/mol. The van der Waals surface area contributed by atoms with Gasteiger partial charge >= 0.3 is 0 Å². The average Bonchev–Trinajstić information content (AvgIpc) is 2.79. The van der Waals surface area contributed by atoms with Crippen molar-refractivity contribution in [1.29, 1.82) is 0 Å². The van der Waals surface area contributed by atoms with Crippen molar-refractivity contribution in [2.75, 3.05) is 7.11 Å². The van der Waals surface area contributed by atoms with E-state index in [4.69, 9.17) is 4.74 Å². The van der Waals surface area contributed by atoms with Gasteiger partial charge in [0.2, 0.25) is 5.88 Å². The molecular formula is C17H18N2O3S. The standard InChI is InChI=1S/C17H18N2O3S/c1-11-5-7-14(8-6-11)23(20,21)19-13(3)12(2)17-15(19)9-10-16(18-17)22-4/h5-10H,1-4H3. The molecule has 0 atom stereocenters. The summed E-state index contributed by atoms with van der Waals surface area (Å²) in [5.74, 6) is 0.463. The van der Waals surface area contributed by atoms with Crippen molar-refractivity contribution in [2.24, 2.45) is 0 Å². The maximum atomic E-state index is 13.1. The van der Waals surface area contributed by atoms with Crippen molar-refractivity contribution < 1.29 is 13.2 Å². The van der Waals surface area contributed by atoms with Crippen molar-refractivity contribution in [3.8, 4) is 5.88 Å². The summed E-state index contributed by atoms with van der Waals surface area (Å²) in [5, 5.41) is 0. The monoisotopic (exact) mass is 330 g/mol. The van der Waals surface area contributed by atoms with Crippen LogP contribution in [0.15, 0.2) is 41.3 Å². The molecular weight excluding hydrogens is 312 g/mol. The number of benzene rings is 1. The molecule has 1 aromatic carbocycles. The third-order valence-electron chi connectivity index (χ3n) is 4.04. The van der Waals surface area contributed by atoms with Crippen LogP contribution in [0.25, 0.3) is 11.0 Å². The van der Waals surface area contributed by atoms with Crippen LogP contribution in [-0.2, 0) is 10.0 Å². The summed E-state index contributed by atoms with van der Waals surface area (Å²) in [6, 6.07) is 10.2. The molecule has 2 aromatic heterocycles. The fourth-order valence-electron chi connectivity index (χ4n) is 2.62. The minimum atomic E-state index is -3.68. The SMILES string of the molecule is COc1ccc2c(n1)c(C)c(C)n2S(=O)(=O)c1ccc(C)cc1. The van der Waals surface area contributed by atoms with E-state index in [1.165, 1.54) is 11.1 Å². The van der Waals surface area contributed by atoms with E-state index in [-0.39, 0.29) is 4.90 Å². The zero-order chi connectivity index (χ0) is 16.8. The number of hydrogen-bond acceptors (Lipinski definition) is 4. The lowest BCUT2D eigenvalue weighted by molar-refractivity contribution is 0.399. The van der Waals surface area contributed by atoms with Crippen molar-refractivity contribution in [3.63, 3.8) is 0 Å². The molecule has 0 bridgehead atoms. The summed E-state index contributed by atoms with van der Waals surface area (Å²) in [7, 11) is -2.14. The second-order valence-corrected chi connectivity index (χ2v) is 7.30. The quantitative estimate of drug-likeness (QED) is 0.740. The highest BCUT2D eigenvalue weighted by Crippen LogP contribution is 2.29. The van der Waals surface area contributed by atoms with Crippen molar-refractivity contribution in [3.05, 3.63) is 53.2 Å². The Morgan fingerprint density at radius 3 is 2.26 bits per heavy atom. The fraction of sp³-hybridized carbons (Fsp3) is 0.235. The highest BCUT2D eigenvalue weighted by atomic mass is 32.2. The summed E-state index contributed by atoms with van der Waals surface area (Å²) in [6.07, 6.45) is 0. The van der Waals surface area contributed by atoms with Crippen LogP contribution in [0.5, 0.6) is 5.88 Å². The normalized spacial score (nSPS) is 11.8. The number of hydrogen-bond donors (Lipinski definition) is 0. The van der Waals surface area contributed by atoms with Gasteiger partial charge < -0.3 is 4.74 Å². The van der Waals surface area contributed by atoms with Crippen LogP contribution in [0.4, 0.5) is 0 Å². The molecule has 0 spiro atoms. The number of aromatic nitrogens is 2. The second kappa shape index (κ2) is 5.38. The Kier molecular flexibility index (Phi) is 3.64. The molecule has 0 amide bonds. The van der Waals surface area contributed by atoms with Crippen LogP contribution in [0, 0.1) is 20.8 Å². The summed E-state index contributed by atoms with van der Waals surface area (Å²) >= 11 is 0. The predicted molar refractivity (Wildman–Crippen MR) is 89.5 cm³/mol. The Hall–Kier alpha value is -2.34. The van der Waals surface area contributed by atoms with Gasteiger partial charge in [-0.3, -0.25) is 0 Å². The van der Waals surface area contributed by atoms with Gasteiger partial charge in [-0.25, -0.2) is 17.4 Å². The third kappa shape index (κ3) is 2.39. The van der Waals surface area contributed by atoms with Crippen LogP contribution >= 0.6 is 0 Å². The van der Waals surface area contributed by atoms with Crippen LogP contribution in [0.2, 0.25) is 0 Å². The Labute approximate surface area is 135 Å². The van der Waals surface area contributed by atoms with Crippen molar-refractivity contribution in [1.82, 2.24) is 8.96 Å². The number of fused-ring (bicyclic) bond motifs is 1. The van der Waals surface area contributed by atoms with Gasteiger partial charge in [0.15, 0.2) is 0 Å². The van der Waals surface area contributed by atoms with E-state index in [9.17, 15) is 8.42 Å². The summed E-state index contributed by atoms with van der Waals surface area (Å²) in [4.78, 5) is 4.65. The molecule has 2 heterocycles. The minimum absolute atomic E-state index is 0.263. The molecule has 3 rings (SSSR count). The lowest BCUT2D eigenvalue weighted by Crippen LogP contribution is -2.14. The zero-order valence-corrected chi connectivity index (χ0v) is 14.3. The van der Waals surface area contributed by atoms with Gasteiger partial charge in [-0.2, -0.15) is 0 Å². The number of ether oxygens (including phenoxy) is 1. The second-order valence-electron chi connectivity index (χ2n) is 5.51. The molecule has 0 N–H and O–H groups in total. The molecule has 0 saturated heterocycles. The molecule has 120 valence electrons. The number of pyridine rings is 1. The molecule has 0 aliphatic carbocycles. The molecule has 0 aliphatic heterocycles. The van der Waals surface area contributed by atoms with E-state index in [0.717, 1.165) is 11.1 Å². The Balaban J connectivity index is 2.31. The molecule has 5 nitrogen and oxygen atoms in total. The first-order valence-electron chi connectivity index (χ1n) is 7.21. The molecule has 0 saturated carbocycles. The zero-order valence-electron chi connectivity index (χ0n) is 13.5. The summed E-state index contributed by atoms with van der Waals surface area (Å²) < 4.78 is 32.6. The topological polar surface area (TPSA) is 61.2 Å². The smallest absolute Gasteiger partial charge is 0.268 e. The number of nitrogens with zero attached hydrogens (tertiary/aromatic N) is 2. The first-order valence-corrected chi connectivity index (χ1v) is 8.65. The maximum Gasteiger partial charge on any atom is 0.268 e. The van der Waals surface area contributed by atoms with Gasteiger partial charge in [-0.15, -0.1) is 0 Å². The minimum Gasteiger partial charge on any atom is -0.481 e. The van der Waals surface area contributed by atoms with E-state index in [1.807, 2.05) is 13.8 Å². The third-order valence-corrected chi connectivity index (χ3v) is 5.86. The largest absolute Gasteiger partial charge is 0.481 e. The first kappa shape index (κ1) is 15.6. The van der Waals surface area contributed by atoms with Crippen molar-refractivity contribution in [2.45, 2.75) is 25.7 Å². The van der Waals surface area contributed by atoms with Gasteiger partial charge in [0.25, 0.3) is 10.0 Å². The molecule has 0 aliphatic rings. The Morgan fingerprint density at radius 1 is 1.00 bits per heavy atom. The van der Waals surface area contributed by atoms with E-state index in [2.05, 4.69) is 4.98 Å². The van der Waals surface area contributed by atoms with Gasteiger partial charge in [0.05, 0.1) is 23.0 Å². The van der Waals surface area contributed by atoms with Gasteiger partial charge in [-0.05, 0) is 44.5 Å². The van der Waals surface area contributed by atoms with Crippen LogP contribution in [0.1, 0.15) is 16.8 Å². The van der Waals surface area contributed by atoms with Gasteiger partial charge in [-0.1, -0.05) is 17.7 Å². The van der Waals surface area contributed by atoms with E-state index >= 15 is 0 Å². The van der Waals surface area contributed by atoms with Crippen LogP contribution in [0.3, 0.4) is 0 Å². The first-order chi connectivity index (χ1) is 10.9. The van der Waals surface area contributed by atoms with Crippen molar-refractivity contribution >= 4 is 21.1 Å². The molecule has 23 heavy (non-hydrogen) atoms. The highest BCUT2D eigenvalue weighted by molar-refractivity contribution is 7.90. The molecule has 0 unspecified atom stereocenters. The van der Waals surface area contributed by atoms with E-state index in [1.54, 1.807) is 43.3 Å². The van der Waals surface area contributed by atoms with Gasteiger partial charge in [0, 0.05) is 11.8 Å².